The van der Waals surface area contributed by atoms with E-state index in [2.05, 4.69) is 5.32 Å². The molecule has 0 radical (unpaired) electrons. The highest BCUT2D eigenvalue weighted by atomic mass is 16.2. The Morgan fingerprint density at radius 1 is 1.12 bits per heavy atom. The number of rotatable bonds is 6. The minimum Gasteiger partial charge on any atom is -0.355 e. The van der Waals surface area contributed by atoms with Gasteiger partial charge < -0.3 is 9.88 Å². The van der Waals surface area contributed by atoms with Gasteiger partial charge in [0, 0.05) is 24.2 Å². The van der Waals surface area contributed by atoms with Gasteiger partial charge in [0.2, 0.25) is 5.91 Å². The van der Waals surface area contributed by atoms with E-state index in [0.717, 1.165) is 24.4 Å². The standard InChI is InChI=1S/C20H26N2O2/c23-19-12-14-22(18-11-5-4-10-17(18)19)15-20(24)21-13-6-9-16-7-2-1-3-8-16/h4-5,10-12,14,16H,1-3,6-9,13,15H2,(H,21,24). The number of carbonyl (C=O) groups excluding carboxylic acids is 1. The lowest BCUT2D eigenvalue weighted by atomic mass is 9.86. The van der Waals surface area contributed by atoms with Crippen LogP contribution in [-0.4, -0.2) is 17.0 Å². The molecule has 3 rings (SSSR count). The zero-order valence-corrected chi connectivity index (χ0v) is 14.2. The van der Waals surface area contributed by atoms with Gasteiger partial charge in [-0.05, 0) is 30.9 Å². The maximum atomic E-state index is 12.2. The molecule has 1 aliphatic carbocycles. The highest BCUT2D eigenvalue weighted by Gasteiger charge is 2.13. The molecular formula is C20H26N2O2. The van der Waals surface area contributed by atoms with Crippen LogP contribution in [0.25, 0.3) is 10.9 Å². The van der Waals surface area contributed by atoms with Crippen molar-refractivity contribution in [1.82, 2.24) is 9.88 Å². The lowest BCUT2D eigenvalue weighted by Gasteiger charge is -2.21. The van der Waals surface area contributed by atoms with Crippen LogP contribution in [0.5, 0.6) is 0 Å². The number of nitrogens with zero attached hydrogens (tertiary/aromatic N) is 1. The molecule has 0 spiro atoms. The zero-order chi connectivity index (χ0) is 16.8. The Morgan fingerprint density at radius 2 is 1.92 bits per heavy atom. The van der Waals surface area contributed by atoms with E-state index in [1.54, 1.807) is 12.3 Å². The summed E-state index contributed by atoms with van der Waals surface area (Å²) in [5.74, 6) is 0.867. The second kappa shape index (κ2) is 8.13. The van der Waals surface area contributed by atoms with Crippen LogP contribution in [0.4, 0.5) is 0 Å². The summed E-state index contributed by atoms with van der Waals surface area (Å²) in [6.07, 6.45) is 10.8. The fourth-order valence-corrected chi connectivity index (χ4v) is 3.70. The molecule has 1 aromatic carbocycles. The van der Waals surface area contributed by atoms with Crippen molar-refractivity contribution in [3.63, 3.8) is 0 Å². The van der Waals surface area contributed by atoms with Crippen LogP contribution in [0, 0.1) is 5.92 Å². The second-order valence-corrected chi connectivity index (χ2v) is 6.82. The molecule has 2 aromatic rings. The number of para-hydroxylation sites is 1. The van der Waals surface area contributed by atoms with Crippen molar-refractivity contribution in [2.75, 3.05) is 6.54 Å². The number of amides is 1. The quantitative estimate of drug-likeness (QED) is 0.826. The highest BCUT2D eigenvalue weighted by molar-refractivity contribution is 5.82. The van der Waals surface area contributed by atoms with E-state index < -0.39 is 0 Å². The van der Waals surface area contributed by atoms with Crippen LogP contribution in [-0.2, 0) is 11.3 Å². The van der Waals surface area contributed by atoms with Gasteiger partial charge in [0.25, 0.3) is 0 Å². The average molecular weight is 326 g/mol. The number of nitrogens with one attached hydrogen (secondary N) is 1. The van der Waals surface area contributed by atoms with Crippen molar-refractivity contribution in [3.05, 3.63) is 46.8 Å². The number of carbonyl (C=O) groups is 1. The molecule has 0 aliphatic heterocycles. The number of pyridine rings is 1. The van der Waals surface area contributed by atoms with E-state index in [1.807, 2.05) is 22.8 Å². The normalized spacial score (nSPS) is 15.5. The number of benzene rings is 1. The van der Waals surface area contributed by atoms with E-state index in [9.17, 15) is 9.59 Å². The maximum Gasteiger partial charge on any atom is 0.239 e. The Hall–Kier alpha value is -2.10. The summed E-state index contributed by atoms with van der Waals surface area (Å²) in [5.41, 5.74) is 0.803. The van der Waals surface area contributed by atoms with Crippen molar-refractivity contribution in [2.24, 2.45) is 5.92 Å². The molecule has 4 heteroatoms. The van der Waals surface area contributed by atoms with Gasteiger partial charge >= 0.3 is 0 Å². The maximum absolute atomic E-state index is 12.2. The first-order chi connectivity index (χ1) is 11.7. The number of aromatic nitrogens is 1. The van der Waals surface area contributed by atoms with Gasteiger partial charge in [0.1, 0.15) is 6.54 Å². The summed E-state index contributed by atoms with van der Waals surface area (Å²) in [6, 6.07) is 8.95. The smallest absolute Gasteiger partial charge is 0.239 e. The molecule has 1 amide bonds. The Labute approximate surface area is 142 Å². The van der Waals surface area contributed by atoms with Crippen LogP contribution in [0.3, 0.4) is 0 Å². The molecule has 128 valence electrons. The van der Waals surface area contributed by atoms with Gasteiger partial charge in [0.15, 0.2) is 5.43 Å². The van der Waals surface area contributed by atoms with Crippen LogP contribution < -0.4 is 10.7 Å². The lowest BCUT2D eigenvalue weighted by molar-refractivity contribution is -0.121. The van der Waals surface area contributed by atoms with E-state index in [-0.39, 0.29) is 17.9 Å². The molecule has 1 saturated carbocycles. The van der Waals surface area contributed by atoms with Crippen LogP contribution in [0.2, 0.25) is 0 Å². The topological polar surface area (TPSA) is 51.1 Å². The molecule has 4 nitrogen and oxygen atoms in total. The first-order valence-corrected chi connectivity index (χ1v) is 9.09. The molecule has 1 N–H and O–H groups in total. The molecule has 1 aliphatic rings. The predicted octanol–water partition coefficient (Wildman–Crippen LogP) is 3.48. The molecule has 0 saturated heterocycles. The third-order valence-electron chi connectivity index (χ3n) is 5.03. The number of hydrogen-bond donors (Lipinski definition) is 1. The van der Waals surface area contributed by atoms with E-state index in [0.29, 0.717) is 5.39 Å². The van der Waals surface area contributed by atoms with Gasteiger partial charge in [-0.15, -0.1) is 0 Å². The molecule has 0 unspecified atom stereocenters. The van der Waals surface area contributed by atoms with Gasteiger partial charge in [-0.2, -0.15) is 0 Å². The third kappa shape index (κ3) is 4.25. The summed E-state index contributed by atoms with van der Waals surface area (Å²) in [7, 11) is 0. The molecular weight excluding hydrogens is 300 g/mol. The Kier molecular flexibility index (Phi) is 5.68. The van der Waals surface area contributed by atoms with Crippen LogP contribution >= 0.6 is 0 Å². The van der Waals surface area contributed by atoms with Crippen LogP contribution in [0.15, 0.2) is 41.3 Å². The molecule has 1 fully saturated rings. The molecule has 24 heavy (non-hydrogen) atoms. The van der Waals surface area contributed by atoms with Gasteiger partial charge in [0.05, 0.1) is 5.52 Å². The van der Waals surface area contributed by atoms with Gasteiger partial charge in [-0.3, -0.25) is 9.59 Å². The minimum atomic E-state index is -0.00487. The number of hydrogen-bond acceptors (Lipinski definition) is 2. The monoisotopic (exact) mass is 326 g/mol. The summed E-state index contributed by atoms with van der Waals surface area (Å²) < 4.78 is 1.84. The van der Waals surface area contributed by atoms with Gasteiger partial charge in [-0.1, -0.05) is 44.2 Å². The predicted molar refractivity (Wildman–Crippen MR) is 97.0 cm³/mol. The first kappa shape index (κ1) is 16.7. The fraction of sp³-hybridized carbons (Fsp3) is 0.500. The van der Waals surface area contributed by atoms with Crippen LogP contribution in [0.1, 0.15) is 44.9 Å². The van der Waals surface area contributed by atoms with Crippen molar-refractivity contribution in [2.45, 2.75) is 51.5 Å². The largest absolute Gasteiger partial charge is 0.355 e. The summed E-state index contributed by atoms with van der Waals surface area (Å²) in [6.45, 7) is 0.998. The lowest BCUT2D eigenvalue weighted by Crippen LogP contribution is -2.29. The highest BCUT2D eigenvalue weighted by Crippen LogP contribution is 2.26. The SMILES string of the molecule is O=C(Cn1ccc(=O)c2ccccc21)NCCCC1CCCCC1. The average Bonchev–Trinajstić information content (AvgIpc) is 2.62. The Morgan fingerprint density at radius 3 is 2.75 bits per heavy atom. The Bertz CT molecular complexity index is 745. The van der Waals surface area contributed by atoms with E-state index >= 15 is 0 Å². The third-order valence-corrected chi connectivity index (χ3v) is 5.03. The van der Waals surface area contributed by atoms with Crippen molar-refractivity contribution in [3.8, 4) is 0 Å². The van der Waals surface area contributed by atoms with Crippen molar-refractivity contribution < 1.29 is 4.79 Å². The van der Waals surface area contributed by atoms with E-state index in [4.69, 9.17) is 0 Å². The fourth-order valence-electron chi connectivity index (χ4n) is 3.70. The van der Waals surface area contributed by atoms with Crippen molar-refractivity contribution in [1.29, 1.82) is 0 Å². The second-order valence-electron chi connectivity index (χ2n) is 6.82. The molecule has 0 atom stereocenters. The summed E-state index contributed by atoms with van der Waals surface area (Å²) in [5, 5.41) is 3.67. The first-order valence-electron chi connectivity index (χ1n) is 9.09. The Balaban J connectivity index is 1.50. The zero-order valence-electron chi connectivity index (χ0n) is 14.2. The summed E-state index contributed by atoms with van der Waals surface area (Å²) >= 11 is 0. The molecule has 1 aromatic heterocycles. The van der Waals surface area contributed by atoms with Crippen molar-refractivity contribution >= 4 is 16.8 Å². The van der Waals surface area contributed by atoms with E-state index in [1.165, 1.54) is 44.6 Å². The summed E-state index contributed by atoms with van der Waals surface area (Å²) in [4.78, 5) is 24.0. The molecule has 0 bridgehead atoms. The van der Waals surface area contributed by atoms with Gasteiger partial charge in [-0.25, -0.2) is 0 Å². The number of fused-ring (bicyclic) bond motifs is 1. The minimum absolute atomic E-state index is 0.00487. The molecule has 1 heterocycles.